The smallest absolute Gasteiger partial charge is 0.0347 e. The van der Waals surface area contributed by atoms with Gasteiger partial charge in [-0.25, -0.2) is 0 Å². The van der Waals surface area contributed by atoms with Gasteiger partial charge in [0.15, 0.2) is 0 Å². The highest BCUT2D eigenvalue weighted by Crippen LogP contribution is 2.03. The fourth-order valence-corrected chi connectivity index (χ4v) is 1.09. The lowest BCUT2D eigenvalue weighted by molar-refractivity contribution is 0.761. The minimum atomic E-state index is 1.13. The molecule has 14 heavy (non-hydrogen) atoms. The molecule has 0 bridgehead atoms. The second kappa shape index (κ2) is 8.55. The average Bonchev–Trinajstić information content (AvgIpc) is 2.08. The lowest BCUT2D eigenvalue weighted by Crippen LogP contribution is -1.73. The maximum Gasteiger partial charge on any atom is -0.0347 e. The van der Waals surface area contributed by atoms with E-state index in [1.165, 1.54) is 12.8 Å². The summed E-state index contributed by atoms with van der Waals surface area (Å²) in [6.45, 7) is 11.7. The summed E-state index contributed by atoms with van der Waals surface area (Å²) < 4.78 is 0. The van der Waals surface area contributed by atoms with Crippen molar-refractivity contribution >= 4 is 0 Å². The van der Waals surface area contributed by atoms with Gasteiger partial charge in [0, 0.05) is 0 Å². The van der Waals surface area contributed by atoms with Gasteiger partial charge in [-0.15, -0.1) is 0 Å². The van der Waals surface area contributed by atoms with E-state index in [1.54, 1.807) is 0 Å². The van der Waals surface area contributed by atoms with E-state index >= 15 is 0 Å². The van der Waals surface area contributed by atoms with Crippen LogP contribution in [0.15, 0.2) is 48.6 Å². The summed E-state index contributed by atoms with van der Waals surface area (Å²) in [6, 6.07) is 0. The Morgan fingerprint density at radius 1 is 0.857 bits per heavy atom. The summed E-state index contributed by atoms with van der Waals surface area (Å²) >= 11 is 0. The Bertz CT molecular complexity index is 202. The zero-order valence-corrected chi connectivity index (χ0v) is 9.55. The van der Waals surface area contributed by atoms with Crippen molar-refractivity contribution in [2.45, 2.75) is 39.5 Å². The van der Waals surface area contributed by atoms with Gasteiger partial charge in [-0.2, -0.15) is 0 Å². The van der Waals surface area contributed by atoms with Gasteiger partial charge in [-0.1, -0.05) is 48.6 Å². The Labute approximate surface area is 88.7 Å². The highest BCUT2D eigenvalue weighted by molar-refractivity contribution is 5.11. The van der Waals surface area contributed by atoms with E-state index in [-0.39, 0.29) is 0 Å². The Kier molecular flexibility index (Phi) is 7.92. The monoisotopic (exact) mass is 190 g/mol. The second-order valence-electron chi connectivity index (χ2n) is 3.78. The van der Waals surface area contributed by atoms with Crippen LogP contribution in [-0.4, -0.2) is 0 Å². The highest BCUT2D eigenvalue weighted by atomic mass is 13.9. The van der Waals surface area contributed by atoms with Crippen molar-refractivity contribution in [3.05, 3.63) is 48.6 Å². The summed E-state index contributed by atoms with van der Waals surface area (Å²) in [5.41, 5.74) is 2.26. The summed E-state index contributed by atoms with van der Waals surface area (Å²) in [7, 11) is 0. The van der Waals surface area contributed by atoms with Gasteiger partial charge in [0.05, 0.1) is 0 Å². The van der Waals surface area contributed by atoms with Crippen molar-refractivity contribution in [1.29, 1.82) is 0 Å². The van der Waals surface area contributed by atoms with Crippen LogP contribution < -0.4 is 0 Å². The molecule has 0 amide bonds. The molecule has 0 aliphatic rings. The van der Waals surface area contributed by atoms with Crippen molar-refractivity contribution in [3.63, 3.8) is 0 Å². The number of hydrogen-bond acceptors (Lipinski definition) is 0. The molecule has 0 aromatic rings. The van der Waals surface area contributed by atoms with Crippen LogP contribution >= 0.6 is 0 Å². The van der Waals surface area contributed by atoms with Crippen LogP contribution in [0.4, 0.5) is 0 Å². The topological polar surface area (TPSA) is 0 Å². The molecule has 0 spiro atoms. The van der Waals surface area contributed by atoms with Gasteiger partial charge >= 0.3 is 0 Å². The molecule has 0 N–H and O–H groups in total. The molecule has 0 aliphatic heterocycles. The molecule has 0 saturated heterocycles. The Morgan fingerprint density at radius 2 is 1.21 bits per heavy atom. The van der Waals surface area contributed by atoms with Crippen LogP contribution in [0.5, 0.6) is 0 Å². The molecule has 0 heteroatoms. The predicted molar refractivity (Wildman–Crippen MR) is 66.4 cm³/mol. The third-order valence-electron chi connectivity index (χ3n) is 1.80. The minimum Gasteiger partial charge on any atom is -0.0961 e. The average molecular weight is 190 g/mol. The molecule has 78 valence electrons. The molecule has 0 radical (unpaired) electrons. The van der Waals surface area contributed by atoms with Crippen molar-refractivity contribution < 1.29 is 0 Å². The van der Waals surface area contributed by atoms with Crippen molar-refractivity contribution in [3.8, 4) is 0 Å². The quantitative estimate of drug-likeness (QED) is 0.399. The van der Waals surface area contributed by atoms with E-state index in [9.17, 15) is 0 Å². The molecule has 0 heterocycles. The molecule has 0 fully saturated rings. The first kappa shape index (κ1) is 13.0. The molecule has 0 aromatic carbocycles. The fourth-order valence-electron chi connectivity index (χ4n) is 1.09. The van der Waals surface area contributed by atoms with E-state index in [2.05, 4.69) is 37.5 Å². The zero-order valence-electron chi connectivity index (χ0n) is 9.55. The van der Waals surface area contributed by atoms with E-state index in [0.717, 1.165) is 24.0 Å². The molecule has 0 rings (SSSR count). The molecular weight excluding hydrogens is 168 g/mol. The molecule has 0 atom stereocenters. The maximum atomic E-state index is 3.81. The summed E-state index contributed by atoms with van der Waals surface area (Å²) in [5.74, 6) is 0. The van der Waals surface area contributed by atoms with E-state index in [4.69, 9.17) is 0 Å². The second-order valence-corrected chi connectivity index (χ2v) is 3.78. The molecule has 0 unspecified atom stereocenters. The maximum absolute atomic E-state index is 3.81. The largest absolute Gasteiger partial charge is 0.0961 e. The van der Waals surface area contributed by atoms with Crippen LogP contribution in [0.1, 0.15) is 39.5 Å². The van der Waals surface area contributed by atoms with Crippen molar-refractivity contribution in [2.24, 2.45) is 0 Å². The number of allylic oxidation sites excluding steroid dienone is 6. The molecule has 0 aromatic heterocycles. The summed E-state index contributed by atoms with van der Waals surface area (Å²) in [4.78, 5) is 0. The Morgan fingerprint density at radius 3 is 1.50 bits per heavy atom. The zero-order chi connectivity index (χ0) is 10.8. The first-order valence-corrected chi connectivity index (χ1v) is 5.27. The Balaban J connectivity index is 3.30. The third kappa shape index (κ3) is 11.0. The van der Waals surface area contributed by atoms with Gasteiger partial charge in [0.1, 0.15) is 0 Å². The lowest BCUT2D eigenvalue weighted by Gasteiger charge is -1.93. The first-order valence-electron chi connectivity index (χ1n) is 5.27. The van der Waals surface area contributed by atoms with Crippen LogP contribution in [0.25, 0.3) is 0 Å². The van der Waals surface area contributed by atoms with Gasteiger partial charge in [0.25, 0.3) is 0 Å². The fraction of sp³-hybridized carbons (Fsp3) is 0.429. The molecular formula is C14H22. The van der Waals surface area contributed by atoms with Crippen LogP contribution in [0, 0.1) is 0 Å². The van der Waals surface area contributed by atoms with Crippen LogP contribution in [0.2, 0.25) is 0 Å². The molecule has 0 nitrogen and oxygen atoms in total. The summed E-state index contributed by atoms with van der Waals surface area (Å²) in [6.07, 6.45) is 13.4. The molecule has 0 aliphatic carbocycles. The highest BCUT2D eigenvalue weighted by Gasteiger charge is 1.83. The SMILES string of the molecule is C=C(C)/C=C/CCCC/C=C/C(=C)C. The van der Waals surface area contributed by atoms with Gasteiger partial charge in [0.2, 0.25) is 0 Å². The van der Waals surface area contributed by atoms with Crippen molar-refractivity contribution in [1.82, 2.24) is 0 Å². The minimum absolute atomic E-state index is 1.13. The summed E-state index contributed by atoms with van der Waals surface area (Å²) in [5, 5.41) is 0. The Hall–Kier alpha value is -1.04. The predicted octanol–water partition coefficient (Wildman–Crippen LogP) is 4.81. The molecule has 0 saturated carbocycles. The normalized spacial score (nSPS) is 11.3. The lowest BCUT2D eigenvalue weighted by atomic mass is 10.1. The van der Waals surface area contributed by atoms with Gasteiger partial charge in [-0.3, -0.25) is 0 Å². The van der Waals surface area contributed by atoms with E-state index in [1.807, 2.05) is 13.8 Å². The van der Waals surface area contributed by atoms with Crippen LogP contribution in [-0.2, 0) is 0 Å². The number of hydrogen-bond donors (Lipinski definition) is 0. The van der Waals surface area contributed by atoms with Gasteiger partial charge in [-0.05, 0) is 39.5 Å². The van der Waals surface area contributed by atoms with Crippen molar-refractivity contribution in [2.75, 3.05) is 0 Å². The van der Waals surface area contributed by atoms with Crippen LogP contribution in [0.3, 0.4) is 0 Å². The third-order valence-corrected chi connectivity index (χ3v) is 1.80. The van der Waals surface area contributed by atoms with Gasteiger partial charge < -0.3 is 0 Å². The number of rotatable bonds is 7. The first-order chi connectivity index (χ1) is 6.63. The standard InChI is InChI=1S/C14H22/c1-13(2)11-9-7-5-6-8-10-12-14(3)4/h9-12H,1,3,5-8H2,2,4H3/b11-9+,12-10+. The number of unbranched alkanes of at least 4 members (excludes halogenated alkanes) is 3. The van der Waals surface area contributed by atoms with E-state index in [0.29, 0.717) is 0 Å². The van der Waals surface area contributed by atoms with E-state index < -0.39 is 0 Å².